The molecular weight excluding hydrogens is 445 g/mol. The van der Waals surface area contributed by atoms with Crippen LogP contribution in [0.1, 0.15) is 39.4 Å². The molecule has 2 aliphatic rings. The first-order chi connectivity index (χ1) is 16.7. The molecule has 0 radical (unpaired) electrons. The van der Waals surface area contributed by atoms with Crippen molar-refractivity contribution in [3.8, 4) is 11.3 Å². The van der Waals surface area contributed by atoms with E-state index in [4.69, 9.17) is 4.74 Å². The van der Waals surface area contributed by atoms with Gasteiger partial charge in [0.25, 0.3) is 0 Å². The molecule has 8 heteroatoms. The van der Waals surface area contributed by atoms with Gasteiger partial charge in [-0.15, -0.1) is 0 Å². The Labute approximate surface area is 205 Å². The van der Waals surface area contributed by atoms with E-state index in [0.717, 1.165) is 29.7 Å². The number of rotatable bonds is 4. The number of hydrogen-bond donors (Lipinski definition) is 1. The van der Waals surface area contributed by atoms with Crippen LogP contribution in [0, 0.1) is 11.4 Å². The summed E-state index contributed by atoms with van der Waals surface area (Å²) >= 11 is 0. The topological polar surface area (TPSA) is 83.7 Å². The monoisotopic (exact) mass is 477 g/mol. The van der Waals surface area contributed by atoms with Crippen LogP contribution in [-0.2, 0) is 4.74 Å². The first-order valence-electron chi connectivity index (χ1n) is 11.8. The molecule has 0 saturated carbocycles. The molecule has 4 heterocycles. The SMILES string of the molecule is CC(C)(C)C.OC(C1=CCN=C1)c1cc(-c2ncnc3cc(N4CCOCC4)ccc23)cnc1F. The molecule has 0 spiro atoms. The van der Waals surface area contributed by atoms with Crippen LogP contribution in [0.15, 0.2) is 53.4 Å². The van der Waals surface area contributed by atoms with E-state index >= 15 is 0 Å². The van der Waals surface area contributed by atoms with Gasteiger partial charge in [-0.05, 0) is 29.7 Å². The number of pyridine rings is 1. The van der Waals surface area contributed by atoms with E-state index in [9.17, 15) is 9.50 Å². The van der Waals surface area contributed by atoms with Crippen molar-refractivity contribution < 1.29 is 14.2 Å². The minimum Gasteiger partial charge on any atom is -0.383 e. The minimum atomic E-state index is -1.12. The van der Waals surface area contributed by atoms with Gasteiger partial charge in [0.15, 0.2) is 0 Å². The lowest BCUT2D eigenvalue weighted by atomic mass is 10.00. The van der Waals surface area contributed by atoms with Gasteiger partial charge in [0.1, 0.15) is 12.4 Å². The summed E-state index contributed by atoms with van der Waals surface area (Å²) in [4.78, 5) is 19.0. The van der Waals surface area contributed by atoms with Gasteiger partial charge in [0.05, 0.1) is 31.0 Å². The number of benzene rings is 1. The Balaban J connectivity index is 0.000000527. The minimum absolute atomic E-state index is 0.101. The Kier molecular flexibility index (Phi) is 7.52. The molecule has 184 valence electrons. The maximum absolute atomic E-state index is 14.4. The number of aliphatic hydroxyl groups is 1. The van der Waals surface area contributed by atoms with Crippen molar-refractivity contribution in [2.45, 2.75) is 33.8 Å². The lowest BCUT2D eigenvalue weighted by Crippen LogP contribution is -2.36. The number of ether oxygens (including phenoxy) is 1. The van der Waals surface area contributed by atoms with Gasteiger partial charge in [0, 0.05) is 53.3 Å². The first-order valence-corrected chi connectivity index (χ1v) is 11.8. The van der Waals surface area contributed by atoms with Crippen molar-refractivity contribution in [3.05, 3.63) is 59.9 Å². The summed E-state index contributed by atoms with van der Waals surface area (Å²) in [6.07, 6.45) is 5.13. The third kappa shape index (κ3) is 6.26. The Morgan fingerprint density at radius 1 is 1.06 bits per heavy atom. The zero-order chi connectivity index (χ0) is 25.0. The van der Waals surface area contributed by atoms with Gasteiger partial charge >= 0.3 is 0 Å². The number of anilines is 1. The van der Waals surface area contributed by atoms with Crippen molar-refractivity contribution in [2.75, 3.05) is 37.7 Å². The summed E-state index contributed by atoms with van der Waals surface area (Å²) in [5, 5.41) is 11.4. The fourth-order valence-electron chi connectivity index (χ4n) is 3.81. The lowest BCUT2D eigenvalue weighted by Gasteiger charge is -2.29. The third-order valence-electron chi connectivity index (χ3n) is 5.42. The summed E-state index contributed by atoms with van der Waals surface area (Å²) in [5.41, 5.74) is 4.30. The zero-order valence-corrected chi connectivity index (χ0v) is 20.7. The van der Waals surface area contributed by atoms with Crippen LogP contribution < -0.4 is 4.90 Å². The fourth-order valence-corrected chi connectivity index (χ4v) is 3.81. The van der Waals surface area contributed by atoms with Gasteiger partial charge in [0.2, 0.25) is 5.95 Å². The smallest absolute Gasteiger partial charge is 0.219 e. The molecule has 0 amide bonds. The average molecular weight is 478 g/mol. The molecule has 2 aromatic heterocycles. The molecule has 3 aromatic rings. The molecule has 35 heavy (non-hydrogen) atoms. The summed E-state index contributed by atoms with van der Waals surface area (Å²) < 4.78 is 19.8. The molecule has 1 saturated heterocycles. The van der Waals surface area contributed by atoms with E-state index in [2.05, 4.69) is 52.5 Å². The quantitative estimate of drug-likeness (QED) is 0.546. The van der Waals surface area contributed by atoms with Crippen LogP contribution in [0.25, 0.3) is 22.2 Å². The highest BCUT2D eigenvalue weighted by Crippen LogP contribution is 2.32. The Bertz CT molecular complexity index is 1240. The highest BCUT2D eigenvalue weighted by Gasteiger charge is 2.21. The molecule has 1 N–H and O–H groups in total. The largest absolute Gasteiger partial charge is 0.383 e. The molecule has 7 nitrogen and oxygen atoms in total. The van der Waals surface area contributed by atoms with Crippen LogP contribution in [0.4, 0.5) is 10.1 Å². The van der Waals surface area contributed by atoms with Gasteiger partial charge in [-0.3, -0.25) is 4.99 Å². The number of morpholine rings is 1. The van der Waals surface area contributed by atoms with Crippen LogP contribution in [0.2, 0.25) is 0 Å². The van der Waals surface area contributed by atoms with Gasteiger partial charge < -0.3 is 14.7 Å². The van der Waals surface area contributed by atoms with E-state index in [1.54, 1.807) is 18.4 Å². The van der Waals surface area contributed by atoms with Crippen LogP contribution in [0.3, 0.4) is 0 Å². The number of aliphatic hydroxyl groups excluding tert-OH is 1. The van der Waals surface area contributed by atoms with Crippen LogP contribution >= 0.6 is 0 Å². The summed E-state index contributed by atoms with van der Waals surface area (Å²) in [5.74, 6) is -0.708. The summed E-state index contributed by atoms with van der Waals surface area (Å²) in [6.45, 7) is 12.3. The molecule has 1 unspecified atom stereocenters. The molecule has 1 fully saturated rings. The van der Waals surface area contributed by atoms with E-state index < -0.39 is 12.1 Å². The zero-order valence-electron chi connectivity index (χ0n) is 20.7. The van der Waals surface area contributed by atoms with Crippen molar-refractivity contribution in [1.82, 2.24) is 15.0 Å². The van der Waals surface area contributed by atoms with Gasteiger partial charge in [-0.2, -0.15) is 4.39 Å². The normalized spacial score (nSPS) is 16.6. The number of fused-ring (bicyclic) bond motifs is 1. The number of halogens is 1. The molecule has 1 aromatic carbocycles. The number of aliphatic imine (C=N–C) groups is 1. The second kappa shape index (κ2) is 10.6. The summed E-state index contributed by atoms with van der Waals surface area (Å²) in [6, 6.07) is 7.63. The van der Waals surface area contributed by atoms with E-state index in [1.807, 2.05) is 18.2 Å². The van der Waals surface area contributed by atoms with Gasteiger partial charge in [-0.25, -0.2) is 15.0 Å². The molecule has 5 rings (SSSR count). The molecule has 1 atom stereocenters. The first kappa shape index (κ1) is 24.9. The molecule has 2 aliphatic heterocycles. The van der Waals surface area contributed by atoms with Crippen molar-refractivity contribution in [2.24, 2.45) is 10.4 Å². The van der Waals surface area contributed by atoms with Crippen LogP contribution in [-0.4, -0.2) is 59.1 Å². The Morgan fingerprint density at radius 3 is 2.49 bits per heavy atom. The maximum Gasteiger partial charge on any atom is 0.219 e. The highest BCUT2D eigenvalue weighted by atomic mass is 19.1. The predicted octanol–water partition coefficient (Wildman–Crippen LogP) is 4.76. The van der Waals surface area contributed by atoms with Crippen molar-refractivity contribution >= 4 is 22.8 Å². The van der Waals surface area contributed by atoms with Crippen molar-refractivity contribution in [3.63, 3.8) is 0 Å². The highest BCUT2D eigenvalue weighted by molar-refractivity contribution is 5.94. The van der Waals surface area contributed by atoms with Gasteiger partial charge in [-0.1, -0.05) is 33.8 Å². The van der Waals surface area contributed by atoms with Crippen molar-refractivity contribution in [1.29, 1.82) is 0 Å². The Morgan fingerprint density at radius 2 is 1.80 bits per heavy atom. The second-order valence-corrected chi connectivity index (χ2v) is 10.2. The Hall–Kier alpha value is -3.23. The standard InChI is InChI=1S/C22H20FN5O2.C5H12/c23-22-18(21(29)14-3-4-24-11-14)9-15(12-25-22)20-17-2-1-16(10-19(17)26-13-27-20)28-5-7-30-8-6-28;1-5(2,3)4/h1-3,9-13,21,29H,4-8H2;1-4H3. The lowest BCUT2D eigenvalue weighted by molar-refractivity contribution is 0.122. The third-order valence-corrected chi connectivity index (χ3v) is 5.42. The summed E-state index contributed by atoms with van der Waals surface area (Å²) in [7, 11) is 0. The van der Waals surface area contributed by atoms with E-state index in [1.165, 1.54) is 12.5 Å². The molecule has 0 bridgehead atoms. The maximum atomic E-state index is 14.4. The molecule has 0 aliphatic carbocycles. The second-order valence-electron chi connectivity index (χ2n) is 10.2. The predicted molar refractivity (Wildman–Crippen MR) is 137 cm³/mol. The number of aromatic nitrogens is 3. The van der Waals surface area contributed by atoms with E-state index in [-0.39, 0.29) is 5.56 Å². The fraction of sp³-hybridized carbons (Fsp3) is 0.407. The number of hydrogen-bond acceptors (Lipinski definition) is 7. The van der Waals surface area contributed by atoms with Crippen LogP contribution in [0.5, 0.6) is 0 Å². The van der Waals surface area contributed by atoms with E-state index in [0.29, 0.717) is 42.0 Å². The average Bonchev–Trinajstić information content (AvgIpc) is 3.38. The molecular formula is C27H32FN5O2. The number of nitrogens with zero attached hydrogens (tertiary/aromatic N) is 5.